The van der Waals surface area contributed by atoms with Crippen LogP contribution in [-0.4, -0.2) is 31.0 Å². The predicted octanol–water partition coefficient (Wildman–Crippen LogP) is 5.57. The number of pyridine rings is 1. The second-order valence-corrected chi connectivity index (χ2v) is 14.6. The third-order valence-corrected chi connectivity index (χ3v) is 8.65. The van der Waals surface area contributed by atoms with Crippen molar-refractivity contribution in [3.05, 3.63) is 53.9 Å². The molecular weight excluding hydrogens is 320 g/mol. The van der Waals surface area contributed by atoms with Crippen LogP contribution in [0.2, 0.25) is 25.2 Å². The summed E-state index contributed by atoms with van der Waals surface area (Å²) in [5.41, 5.74) is 5.33. The first-order valence-corrected chi connectivity index (χ1v) is 12.9. The van der Waals surface area contributed by atoms with Crippen molar-refractivity contribution in [3.63, 3.8) is 0 Å². The zero-order chi connectivity index (χ0) is 18.1. The summed E-state index contributed by atoms with van der Waals surface area (Å²) in [4.78, 5) is 7.20. The monoisotopic (exact) mass is 352 g/mol. The van der Waals surface area contributed by atoms with Crippen LogP contribution in [0.1, 0.15) is 32.0 Å². The highest BCUT2D eigenvalue weighted by Gasteiger charge is 2.27. The van der Waals surface area contributed by atoms with E-state index in [1.165, 1.54) is 47.6 Å². The molecule has 0 N–H and O–H groups in total. The maximum absolute atomic E-state index is 4.62. The lowest BCUT2D eigenvalue weighted by atomic mass is 9.86. The first-order chi connectivity index (χ1) is 11.7. The molecule has 1 fully saturated rings. The van der Waals surface area contributed by atoms with E-state index in [-0.39, 0.29) is 5.41 Å². The molecule has 2 aromatic rings. The molecule has 3 rings (SSSR count). The average Bonchev–Trinajstić information content (AvgIpc) is 2.56. The summed E-state index contributed by atoms with van der Waals surface area (Å²) in [6.07, 6.45) is 1.96. The lowest BCUT2D eigenvalue weighted by Gasteiger charge is -2.35. The lowest BCUT2D eigenvalue weighted by Crippen LogP contribution is -2.42. The molecule has 25 heavy (non-hydrogen) atoms. The number of rotatable bonds is 3. The number of aromatic nitrogens is 1. The molecule has 0 spiro atoms. The Balaban J connectivity index is 1.71. The minimum absolute atomic E-state index is 0.202. The smallest absolute Gasteiger partial charge is 0.0550 e. The van der Waals surface area contributed by atoms with Gasteiger partial charge in [0.2, 0.25) is 0 Å². The fourth-order valence-corrected chi connectivity index (χ4v) is 5.55. The fraction of sp³-hybridized carbons (Fsp3) is 0.500. The molecule has 1 saturated heterocycles. The van der Waals surface area contributed by atoms with Crippen molar-refractivity contribution in [2.45, 2.75) is 57.9 Å². The molecule has 0 saturated carbocycles. The standard InChI is InChI=1S/C22H32N2Si/c1-22(2,3)20-8-6-18(7-9-20)19-10-11-23-21(16-19)17-24-12-14-25(4,5)15-13-24/h6-11,16H,12-15,17H2,1-5H3. The first kappa shape index (κ1) is 18.3. The lowest BCUT2D eigenvalue weighted by molar-refractivity contribution is 0.278. The van der Waals surface area contributed by atoms with Gasteiger partial charge in [-0.1, -0.05) is 58.1 Å². The van der Waals surface area contributed by atoms with Crippen LogP contribution in [0, 0.1) is 0 Å². The molecular formula is C22H32N2Si. The van der Waals surface area contributed by atoms with E-state index in [1.54, 1.807) is 0 Å². The van der Waals surface area contributed by atoms with E-state index < -0.39 is 8.07 Å². The van der Waals surface area contributed by atoms with Gasteiger partial charge in [0.1, 0.15) is 0 Å². The molecule has 1 aromatic heterocycles. The van der Waals surface area contributed by atoms with Crippen LogP contribution >= 0.6 is 0 Å². The molecule has 1 aliphatic heterocycles. The Morgan fingerprint density at radius 2 is 1.60 bits per heavy atom. The molecule has 134 valence electrons. The van der Waals surface area contributed by atoms with E-state index in [9.17, 15) is 0 Å². The van der Waals surface area contributed by atoms with Crippen LogP contribution in [0.3, 0.4) is 0 Å². The highest BCUT2D eigenvalue weighted by Crippen LogP contribution is 2.27. The molecule has 0 unspecified atom stereocenters. The van der Waals surface area contributed by atoms with E-state index in [2.05, 4.69) is 80.1 Å². The number of nitrogens with zero attached hydrogens (tertiary/aromatic N) is 2. The Morgan fingerprint density at radius 3 is 2.20 bits per heavy atom. The first-order valence-electron chi connectivity index (χ1n) is 9.51. The van der Waals surface area contributed by atoms with E-state index >= 15 is 0 Å². The minimum atomic E-state index is -0.896. The van der Waals surface area contributed by atoms with Crippen molar-refractivity contribution in [2.75, 3.05) is 13.1 Å². The normalized spacial score (nSPS) is 18.3. The Kier molecular flexibility index (Phi) is 5.17. The van der Waals surface area contributed by atoms with Gasteiger partial charge < -0.3 is 0 Å². The fourth-order valence-electron chi connectivity index (χ4n) is 3.45. The Labute approximate surface area is 154 Å². The van der Waals surface area contributed by atoms with Crippen LogP contribution in [-0.2, 0) is 12.0 Å². The molecule has 1 aliphatic rings. The summed E-state index contributed by atoms with van der Waals surface area (Å²) < 4.78 is 0. The van der Waals surface area contributed by atoms with Gasteiger partial charge in [0.05, 0.1) is 5.69 Å². The highest BCUT2D eigenvalue weighted by molar-refractivity contribution is 6.77. The van der Waals surface area contributed by atoms with Crippen LogP contribution in [0.15, 0.2) is 42.6 Å². The molecule has 2 heterocycles. The zero-order valence-corrected chi connectivity index (χ0v) is 17.5. The van der Waals surface area contributed by atoms with E-state index in [0.29, 0.717) is 0 Å². The van der Waals surface area contributed by atoms with Gasteiger partial charge in [0.25, 0.3) is 0 Å². The van der Waals surface area contributed by atoms with E-state index in [0.717, 1.165) is 6.54 Å². The zero-order valence-electron chi connectivity index (χ0n) is 16.5. The summed E-state index contributed by atoms with van der Waals surface area (Å²) in [7, 11) is -0.896. The minimum Gasteiger partial charge on any atom is -0.298 e. The maximum atomic E-state index is 4.62. The molecule has 0 bridgehead atoms. The maximum Gasteiger partial charge on any atom is 0.0550 e. The largest absolute Gasteiger partial charge is 0.298 e. The Hall–Kier alpha value is -1.45. The van der Waals surface area contributed by atoms with E-state index in [4.69, 9.17) is 0 Å². The van der Waals surface area contributed by atoms with Crippen LogP contribution < -0.4 is 0 Å². The number of hydrogen-bond donors (Lipinski definition) is 0. The average molecular weight is 353 g/mol. The topological polar surface area (TPSA) is 16.1 Å². The second kappa shape index (κ2) is 7.04. The summed E-state index contributed by atoms with van der Waals surface area (Å²) in [5.74, 6) is 0. The van der Waals surface area contributed by atoms with Gasteiger partial charge in [-0.05, 0) is 59.4 Å². The summed E-state index contributed by atoms with van der Waals surface area (Å²) in [6, 6.07) is 16.2. The highest BCUT2D eigenvalue weighted by atomic mass is 28.3. The SMILES string of the molecule is CC(C)(C)c1ccc(-c2ccnc(CN3CC[Si](C)(C)CC3)c2)cc1. The summed E-state index contributed by atoms with van der Waals surface area (Å²) in [6.45, 7) is 15.3. The van der Waals surface area contributed by atoms with Gasteiger partial charge in [0.15, 0.2) is 0 Å². The van der Waals surface area contributed by atoms with Crippen molar-refractivity contribution in [1.82, 2.24) is 9.88 Å². The molecule has 0 radical (unpaired) electrons. The van der Waals surface area contributed by atoms with Crippen LogP contribution in [0.25, 0.3) is 11.1 Å². The van der Waals surface area contributed by atoms with E-state index in [1.807, 2.05) is 6.20 Å². The van der Waals surface area contributed by atoms with Crippen LogP contribution in [0.5, 0.6) is 0 Å². The number of benzene rings is 1. The molecule has 0 aliphatic carbocycles. The van der Waals surface area contributed by atoms with Crippen molar-refractivity contribution >= 4 is 8.07 Å². The van der Waals surface area contributed by atoms with Crippen molar-refractivity contribution in [1.29, 1.82) is 0 Å². The van der Waals surface area contributed by atoms with Gasteiger partial charge >= 0.3 is 0 Å². The van der Waals surface area contributed by atoms with Gasteiger partial charge in [-0.25, -0.2) is 0 Å². The quantitative estimate of drug-likeness (QED) is 0.671. The molecule has 0 atom stereocenters. The second-order valence-electron chi connectivity index (χ2n) is 9.30. The van der Waals surface area contributed by atoms with Gasteiger partial charge in [-0.3, -0.25) is 9.88 Å². The summed E-state index contributed by atoms with van der Waals surface area (Å²) in [5, 5.41) is 0. The molecule has 1 aromatic carbocycles. The Morgan fingerprint density at radius 1 is 0.960 bits per heavy atom. The van der Waals surface area contributed by atoms with Crippen LogP contribution in [0.4, 0.5) is 0 Å². The van der Waals surface area contributed by atoms with Crippen molar-refractivity contribution < 1.29 is 0 Å². The third kappa shape index (κ3) is 4.80. The van der Waals surface area contributed by atoms with Gasteiger partial charge in [-0.2, -0.15) is 0 Å². The van der Waals surface area contributed by atoms with Gasteiger partial charge in [0, 0.05) is 20.8 Å². The van der Waals surface area contributed by atoms with Crippen molar-refractivity contribution in [3.8, 4) is 11.1 Å². The predicted molar refractivity (Wildman–Crippen MR) is 111 cm³/mol. The number of hydrogen-bond acceptors (Lipinski definition) is 2. The third-order valence-electron chi connectivity index (χ3n) is 5.50. The molecule has 3 heteroatoms. The molecule has 0 amide bonds. The van der Waals surface area contributed by atoms with Crippen molar-refractivity contribution in [2.24, 2.45) is 0 Å². The summed E-state index contributed by atoms with van der Waals surface area (Å²) >= 11 is 0. The molecule has 2 nitrogen and oxygen atoms in total. The van der Waals surface area contributed by atoms with Gasteiger partial charge in [-0.15, -0.1) is 0 Å². The Bertz CT molecular complexity index is 704.